The molecule has 17 heavy (non-hydrogen) atoms. The maximum absolute atomic E-state index is 5.88. The molecule has 0 saturated carbocycles. The highest BCUT2D eigenvalue weighted by molar-refractivity contribution is 6.30. The predicted molar refractivity (Wildman–Crippen MR) is 71.8 cm³/mol. The zero-order valence-corrected chi connectivity index (χ0v) is 11.2. The van der Waals surface area contributed by atoms with Gasteiger partial charge in [-0.1, -0.05) is 37.1 Å². The number of hydrazine groups is 1. The summed E-state index contributed by atoms with van der Waals surface area (Å²) in [4.78, 5) is 0. The molecule has 0 aliphatic rings. The first-order chi connectivity index (χ1) is 8.22. The summed E-state index contributed by atoms with van der Waals surface area (Å²) in [6, 6.07) is 7.71. The molecular weight excluding hydrogens is 236 g/mol. The summed E-state index contributed by atoms with van der Waals surface area (Å²) >= 11 is 5.88. The van der Waals surface area contributed by atoms with E-state index in [0.717, 1.165) is 23.4 Å². The highest BCUT2D eigenvalue weighted by Gasteiger charge is 2.21. The maximum Gasteiger partial charge on any atom is 0.0782 e. The second kappa shape index (κ2) is 7.67. The monoisotopic (exact) mass is 256 g/mol. The zero-order valence-electron chi connectivity index (χ0n) is 10.4. The van der Waals surface area contributed by atoms with Gasteiger partial charge in [-0.3, -0.25) is 11.3 Å². The van der Waals surface area contributed by atoms with Crippen molar-refractivity contribution < 1.29 is 4.74 Å². The summed E-state index contributed by atoms with van der Waals surface area (Å²) in [5.74, 6) is 5.64. The molecular formula is C13H21ClN2O. The second-order valence-electron chi connectivity index (χ2n) is 3.98. The van der Waals surface area contributed by atoms with Gasteiger partial charge < -0.3 is 4.74 Å². The number of ether oxygens (including phenoxy) is 1. The molecule has 3 N–H and O–H groups in total. The molecule has 0 radical (unpaired) electrons. The Morgan fingerprint density at radius 1 is 1.29 bits per heavy atom. The van der Waals surface area contributed by atoms with Crippen LogP contribution < -0.4 is 11.3 Å². The standard InChI is InChI=1S/C13H21ClN2O/c1-3-5-12(17-4-2)13(16-15)10-6-8-11(14)9-7-10/h6-9,12-13,16H,3-5,15H2,1-2H3. The lowest BCUT2D eigenvalue weighted by Crippen LogP contribution is -2.38. The Kier molecular flexibility index (Phi) is 6.52. The number of benzene rings is 1. The van der Waals surface area contributed by atoms with Crippen LogP contribution in [0.4, 0.5) is 0 Å². The maximum atomic E-state index is 5.88. The summed E-state index contributed by atoms with van der Waals surface area (Å²) in [6.45, 7) is 4.83. The van der Waals surface area contributed by atoms with Crippen LogP contribution in [0.2, 0.25) is 5.02 Å². The minimum absolute atomic E-state index is 0.00664. The van der Waals surface area contributed by atoms with Gasteiger partial charge in [-0.15, -0.1) is 0 Å². The minimum atomic E-state index is 0.00664. The second-order valence-corrected chi connectivity index (χ2v) is 4.41. The SMILES string of the molecule is CCCC(OCC)C(NN)c1ccc(Cl)cc1. The van der Waals surface area contributed by atoms with E-state index in [9.17, 15) is 0 Å². The molecule has 0 aromatic heterocycles. The summed E-state index contributed by atoms with van der Waals surface area (Å²) in [6.07, 6.45) is 2.14. The molecule has 3 nitrogen and oxygen atoms in total. The summed E-state index contributed by atoms with van der Waals surface area (Å²) < 4.78 is 5.74. The van der Waals surface area contributed by atoms with Gasteiger partial charge in [0.1, 0.15) is 0 Å². The molecule has 2 atom stereocenters. The van der Waals surface area contributed by atoms with E-state index in [-0.39, 0.29) is 12.1 Å². The lowest BCUT2D eigenvalue weighted by Gasteiger charge is -2.26. The lowest BCUT2D eigenvalue weighted by molar-refractivity contribution is 0.0276. The molecule has 0 heterocycles. The highest BCUT2D eigenvalue weighted by atomic mass is 35.5. The number of nitrogens with two attached hydrogens (primary N) is 1. The third-order valence-electron chi connectivity index (χ3n) is 2.73. The minimum Gasteiger partial charge on any atom is -0.376 e. The molecule has 1 rings (SSSR count). The number of nitrogens with one attached hydrogen (secondary N) is 1. The van der Waals surface area contributed by atoms with Crippen molar-refractivity contribution in [2.75, 3.05) is 6.61 Å². The zero-order chi connectivity index (χ0) is 12.7. The van der Waals surface area contributed by atoms with Gasteiger partial charge in [-0.25, -0.2) is 0 Å². The number of hydrogen-bond donors (Lipinski definition) is 2. The summed E-state index contributed by atoms with van der Waals surface area (Å²) in [5.41, 5.74) is 3.94. The van der Waals surface area contributed by atoms with Crippen LogP contribution in [-0.4, -0.2) is 12.7 Å². The van der Waals surface area contributed by atoms with E-state index in [4.69, 9.17) is 22.2 Å². The van der Waals surface area contributed by atoms with Crippen LogP contribution in [0, 0.1) is 0 Å². The Hall–Kier alpha value is -0.610. The largest absolute Gasteiger partial charge is 0.376 e. The molecule has 0 aliphatic heterocycles. The molecule has 1 aromatic rings. The molecule has 1 aromatic carbocycles. The van der Waals surface area contributed by atoms with E-state index in [2.05, 4.69) is 12.3 Å². The summed E-state index contributed by atoms with van der Waals surface area (Å²) in [7, 11) is 0. The molecule has 0 spiro atoms. The third kappa shape index (κ3) is 4.28. The normalized spacial score (nSPS) is 14.6. The van der Waals surface area contributed by atoms with Crippen LogP contribution in [0.25, 0.3) is 0 Å². The van der Waals surface area contributed by atoms with Crippen LogP contribution in [0.3, 0.4) is 0 Å². The fourth-order valence-electron chi connectivity index (χ4n) is 1.93. The van der Waals surface area contributed by atoms with Crippen LogP contribution in [0.15, 0.2) is 24.3 Å². The fraction of sp³-hybridized carbons (Fsp3) is 0.538. The fourth-order valence-corrected chi connectivity index (χ4v) is 2.06. The van der Waals surface area contributed by atoms with Gasteiger partial charge in [0.05, 0.1) is 12.1 Å². The average molecular weight is 257 g/mol. The first kappa shape index (κ1) is 14.5. The van der Waals surface area contributed by atoms with Gasteiger partial charge in [-0.05, 0) is 31.0 Å². The van der Waals surface area contributed by atoms with E-state index in [1.54, 1.807) is 0 Å². The van der Waals surface area contributed by atoms with Crippen LogP contribution in [0.5, 0.6) is 0 Å². The Labute approximate surface area is 108 Å². The van der Waals surface area contributed by atoms with Crippen LogP contribution in [-0.2, 0) is 4.74 Å². The number of hydrogen-bond acceptors (Lipinski definition) is 3. The molecule has 0 aliphatic carbocycles. The van der Waals surface area contributed by atoms with E-state index < -0.39 is 0 Å². The average Bonchev–Trinajstić information content (AvgIpc) is 2.33. The summed E-state index contributed by atoms with van der Waals surface area (Å²) in [5, 5.41) is 0.730. The quantitative estimate of drug-likeness (QED) is 0.582. The Bertz CT molecular complexity index is 310. The van der Waals surface area contributed by atoms with E-state index in [1.165, 1.54) is 0 Å². The van der Waals surface area contributed by atoms with Crippen molar-refractivity contribution in [1.29, 1.82) is 0 Å². The van der Waals surface area contributed by atoms with E-state index >= 15 is 0 Å². The predicted octanol–water partition coefficient (Wildman–Crippen LogP) is 3.05. The van der Waals surface area contributed by atoms with Gasteiger partial charge in [-0.2, -0.15) is 0 Å². The van der Waals surface area contributed by atoms with Gasteiger partial charge in [0, 0.05) is 11.6 Å². The van der Waals surface area contributed by atoms with Crippen molar-refractivity contribution in [3.05, 3.63) is 34.9 Å². The Balaban J connectivity index is 2.83. The van der Waals surface area contributed by atoms with Gasteiger partial charge >= 0.3 is 0 Å². The Morgan fingerprint density at radius 2 is 1.94 bits per heavy atom. The van der Waals surface area contributed by atoms with Gasteiger partial charge in [0.2, 0.25) is 0 Å². The van der Waals surface area contributed by atoms with Crippen molar-refractivity contribution in [2.24, 2.45) is 5.84 Å². The molecule has 2 unspecified atom stereocenters. The number of halogens is 1. The Morgan fingerprint density at radius 3 is 2.41 bits per heavy atom. The van der Waals surface area contributed by atoms with Crippen LogP contribution in [0.1, 0.15) is 38.3 Å². The first-order valence-corrected chi connectivity index (χ1v) is 6.43. The van der Waals surface area contributed by atoms with Crippen molar-refractivity contribution in [3.63, 3.8) is 0 Å². The van der Waals surface area contributed by atoms with Crippen molar-refractivity contribution in [3.8, 4) is 0 Å². The molecule has 0 fully saturated rings. The molecule has 4 heteroatoms. The molecule has 0 bridgehead atoms. The molecule has 96 valence electrons. The smallest absolute Gasteiger partial charge is 0.0782 e. The van der Waals surface area contributed by atoms with Crippen LogP contribution >= 0.6 is 11.6 Å². The van der Waals surface area contributed by atoms with Crippen molar-refractivity contribution >= 4 is 11.6 Å². The third-order valence-corrected chi connectivity index (χ3v) is 2.99. The first-order valence-electron chi connectivity index (χ1n) is 6.06. The molecule has 0 saturated heterocycles. The van der Waals surface area contributed by atoms with E-state index in [1.807, 2.05) is 31.2 Å². The topological polar surface area (TPSA) is 47.3 Å². The number of rotatable bonds is 7. The van der Waals surface area contributed by atoms with Crippen molar-refractivity contribution in [1.82, 2.24) is 5.43 Å². The highest BCUT2D eigenvalue weighted by Crippen LogP contribution is 2.23. The van der Waals surface area contributed by atoms with E-state index in [0.29, 0.717) is 6.61 Å². The molecule has 0 amide bonds. The van der Waals surface area contributed by atoms with Gasteiger partial charge in [0.15, 0.2) is 0 Å². The van der Waals surface area contributed by atoms with Crippen molar-refractivity contribution in [2.45, 2.75) is 38.8 Å². The lowest BCUT2D eigenvalue weighted by atomic mass is 9.99. The van der Waals surface area contributed by atoms with Gasteiger partial charge in [0.25, 0.3) is 0 Å².